The zero-order chi connectivity index (χ0) is 10.2. The number of aryl methyl sites for hydroxylation is 1. The molecule has 72 valence electrons. The molecule has 0 atom stereocenters. The van der Waals surface area contributed by atoms with E-state index < -0.39 is 0 Å². The maximum atomic E-state index is 13.2. The minimum absolute atomic E-state index is 0.108. The van der Waals surface area contributed by atoms with E-state index in [0.29, 0.717) is 0 Å². The van der Waals surface area contributed by atoms with E-state index in [2.05, 4.69) is 0 Å². The topological polar surface area (TPSA) is 0 Å². The third-order valence-electron chi connectivity index (χ3n) is 2.05. The standard InChI is InChI=1S/C11H14ClF/c1-7-5-6-8(13)10(12)9(7)11(2,3)4/h5-6H,1-4H3. The second-order valence-electron chi connectivity index (χ2n) is 4.30. The van der Waals surface area contributed by atoms with Crippen molar-refractivity contribution in [2.75, 3.05) is 0 Å². The van der Waals surface area contributed by atoms with E-state index in [0.717, 1.165) is 11.1 Å². The fraction of sp³-hybridized carbons (Fsp3) is 0.455. The van der Waals surface area contributed by atoms with Gasteiger partial charge in [0, 0.05) is 0 Å². The van der Waals surface area contributed by atoms with Crippen LogP contribution in [0.3, 0.4) is 0 Å². The highest BCUT2D eigenvalue weighted by atomic mass is 35.5. The van der Waals surface area contributed by atoms with E-state index in [1.807, 2.05) is 27.7 Å². The van der Waals surface area contributed by atoms with Gasteiger partial charge in [-0.25, -0.2) is 4.39 Å². The largest absolute Gasteiger partial charge is 0.205 e. The molecule has 1 aromatic carbocycles. The van der Waals surface area contributed by atoms with E-state index >= 15 is 0 Å². The molecule has 13 heavy (non-hydrogen) atoms. The Kier molecular flexibility index (Phi) is 2.67. The summed E-state index contributed by atoms with van der Waals surface area (Å²) in [5.41, 5.74) is 1.83. The Morgan fingerprint density at radius 2 is 1.77 bits per heavy atom. The van der Waals surface area contributed by atoms with Gasteiger partial charge < -0.3 is 0 Å². The summed E-state index contributed by atoms with van der Waals surface area (Å²) in [6.45, 7) is 8.04. The van der Waals surface area contributed by atoms with Crippen molar-refractivity contribution in [1.29, 1.82) is 0 Å². The van der Waals surface area contributed by atoms with E-state index in [1.165, 1.54) is 6.07 Å². The van der Waals surface area contributed by atoms with Gasteiger partial charge in [-0.2, -0.15) is 0 Å². The molecule has 0 fully saturated rings. The molecular weight excluding hydrogens is 187 g/mol. The lowest BCUT2D eigenvalue weighted by Gasteiger charge is -2.23. The molecule has 0 unspecified atom stereocenters. The average Bonchev–Trinajstić information content (AvgIpc) is 1.95. The smallest absolute Gasteiger partial charge is 0.142 e. The Hall–Kier alpha value is -0.560. The van der Waals surface area contributed by atoms with Crippen molar-refractivity contribution in [1.82, 2.24) is 0 Å². The number of hydrogen-bond donors (Lipinski definition) is 0. The molecule has 0 radical (unpaired) electrons. The minimum Gasteiger partial charge on any atom is -0.205 e. The zero-order valence-electron chi connectivity index (χ0n) is 8.41. The lowest BCUT2D eigenvalue weighted by atomic mass is 9.84. The third kappa shape index (κ3) is 2.02. The van der Waals surface area contributed by atoms with Crippen LogP contribution in [0, 0.1) is 12.7 Å². The highest BCUT2D eigenvalue weighted by Gasteiger charge is 2.21. The first kappa shape index (κ1) is 10.5. The van der Waals surface area contributed by atoms with Crippen LogP contribution in [0.25, 0.3) is 0 Å². The Morgan fingerprint density at radius 3 is 2.15 bits per heavy atom. The maximum Gasteiger partial charge on any atom is 0.142 e. The summed E-state index contributed by atoms with van der Waals surface area (Å²) >= 11 is 5.91. The number of hydrogen-bond acceptors (Lipinski definition) is 0. The van der Waals surface area contributed by atoms with Gasteiger partial charge in [-0.1, -0.05) is 38.4 Å². The van der Waals surface area contributed by atoms with Crippen LogP contribution in [0.15, 0.2) is 12.1 Å². The molecule has 0 nitrogen and oxygen atoms in total. The van der Waals surface area contributed by atoms with Crippen LogP contribution < -0.4 is 0 Å². The first-order valence-corrected chi connectivity index (χ1v) is 4.67. The quantitative estimate of drug-likeness (QED) is 0.592. The van der Waals surface area contributed by atoms with Crippen LogP contribution in [-0.4, -0.2) is 0 Å². The fourth-order valence-corrected chi connectivity index (χ4v) is 2.06. The summed E-state index contributed by atoms with van der Waals surface area (Å²) in [6.07, 6.45) is 0. The normalized spacial score (nSPS) is 11.8. The molecule has 0 saturated heterocycles. The van der Waals surface area contributed by atoms with Gasteiger partial charge in [0.25, 0.3) is 0 Å². The molecule has 0 spiro atoms. The van der Waals surface area contributed by atoms with Crippen molar-refractivity contribution in [2.24, 2.45) is 0 Å². The van der Waals surface area contributed by atoms with Gasteiger partial charge in [0.2, 0.25) is 0 Å². The van der Waals surface area contributed by atoms with Gasteiger partial charge in [-0.15, -0.1) is 0 Å². The second kappa shape index (κ2) is 3.30. The third-order valence-corrected chi connectivity index (χ3v) is 2.42. The highest BCUT2D eigenvalue weighted by molar-refractivity contribution is 6.31. The fourth-order valence-electron chi connectivity index (χ4n) is 1.57. The van der Waals surface area contributed by atoms with Crippen molar-refractivity contribution in [3.63, 3.8) is 0 Å². The summed E-state index contributed by atoms with van der Waals surface area (Å²) in [6, 6.07) is 3.18. The Labute approximate surface area is 83.7 Å². The van der Waals surface area contributed by atoms with Gasteiger partial charge in [0.1, 0.15) is 5.82 Å². The first-order valence-electron chi connectivity index (χ1n) is 4.29. The van der Waals surface area contributed by atoms with Crippen LogP contribution in [0.2, 0.25) is 5.02 Å². The van der Waals surface area contributed by atoms with Crippen LogP contribution >= 0.6 is 11.6 Å². The predicted molar refractivity (Wildman–Crippen MR) is 54.8 cm³/mol. The van der Waals surface area contributed by atoms with Crippen LogP contribution in [0.1, 0.15) is 31.9 Å². The van der Waals surface area contributed by atoms with E-state index in [1.54, 1.807) is 6.07 Å². The van der Waals surface area contributed by atoms with E-state index in [9.17, 15) is 4.39 Å². The van der Waals surface area contributed by atoms with Crippen LogP contribution in [0.5, 0.6) is 0 Å². The van der Waals surface area contributed by atoms with E-state index in [4.69, 9.17) is 11.6 Å². The van der Waals surface area contributed by atoms with E-state index in [-0.39, 0.29) is 16.3 Å². The molecular formula is C11H14ClF. The lowest BCUT2D eigenvalue weighted by Crippen LogP contribution is -2.14. The van der Waals surface area contributed by atoms with Gasteiger partial charge in [-0.3, -0.25) is 0 Å². The zero-order valence-corrected chi connectivity index (χ0v) is 9.17. The van der Waals surface area contributed by atoms with Crippen molar-refractivity contribution < 1.29 is 4.39 Å². The number of halogens is 2. The molecule has 0 heterocycles. The molecule has 2 heteroatoms. The molecule has 1 aromatic rings. The molecule has 1 rings (SSSR count). The molecule has 0 amide bonds. The second-order valence-corrected chi connectivity index (χ2v) is 4.68. The van der Waals surface area contributed by atoms with Crippen molar-refractivity contribution in [2.45, 2.75) is 33.1 Å². The van der Waals surface area contributed by atoms with Gasteiger partial charge in [0.15, 0.2) is 0 Å². The van der Waals surface area contributed by atoms with Crippen molar-refractivity contribution >= 4 is 11.6 Å². The minimum atomic E-state index is -0.336. The number of benzene rings is 1. The molecule has 0 bridgehead atoms. The number of rotatable bonds is 0. The lowest BCUT2D eigenvalue weighted by molar-refractivity contribution is 0.569. The SMILES string of the molecule is Cc1ccc(F)c(Cl)c1C(C)(C)C. The Balaban J connectivity index is 3.43. The van der Waals surface area contributed by atoms with Crippen LogP contribution in [-0.2, 0) is 5.41 Å². The predicted octanol–water partition coefficient (Wildman–Crippen LogP) is 4.09. The summed E-state index contributed by atoms with van der Waals surface area (Å²) < 4.78 is 13.2. The molecule has 0 N–H and O–H groups in total. The summed E-state index contributed by atoms with van der Waals surface area (Å²) in [5.74, 6) is -0.336. The molecule has 0 aliphatic rings. The summed E-state index contributed by atoms with van der Waals surface area (Å²) in [7, 11) is 0. The first-order chi connectivity index (χ1) is 5.84. The summed E-state index contributed by atoms with van der Waals surface area (Å²) in [4.78, 5) is 0. The highest BCUT2D eigenvalue weighted by Crippen LogP contribution is 2.33. The average molecular weight is 201 g/mol. The maximum absolute atomic E-state index is 13.2. The van der Waals surface area contributed by atoms with Gasteiger partial charge in [0.05, 0.1) is 5.02 Å². The van der Waals surface area contributed by atoms with Crippen molar-refractivity contribution in [3.8, 4) is 0 Å². The summed E-state index contributed by atoms with van der Waals surface area (Å²) in [5, 5.41) is 0.257. The molecule has 0 saturated carbocycles. The molecule has 0 aliphatic carbocycles. The molecule has 0 aliphatic heterocycles. The Morgan fingerprint density at radius 1 is 1.23 bits per heavy atom. The van der Waals surface area contributed by atoms with Crippen LogP contribution in [0.4, 0.5) is 4.39 Å². The Bertz CT molecular complexity index is 324. The van der Waals surface area contributed by atoms with Crippen molar-refractivity contribution in [3.05, 3.63) is 34.1 Å². The molecule has 0 aromatic heterocycles. The monoisotopic (exact) mass is 200 g/mol. The van der Waals surface area contributed by atoms with Gasteiger partial charge >= 0.3 is 0 Å². The van der Waals surface area contributed by atoms with Gasteiger partial charge in [-0.05, 0) is 29.5 Å².